The molecule has 4 nitrogen and oxygen atoms in total. The van der Waals surface area contributed by atoms with Gasteiger partial charge in [0, 0.05) is 24.0 Å². The molecule has 1 amide bonds. The Bertz CT molecular complexity index is 360. The molecular formula is C13H23N3OS. The summed E-state index contributed by atoms with van der Waals surface area (Å²) in [6, 6.07) is 0.472. The Morgan fingerprint density at radius 3 is 2.78 bits per heavy atom. The number of hydrogen-bond acceptors (Lipinski definition) is 4. The summed E-state index contributed by atoms with van der Waals surface area (Å²) in [5, 5.41) is 9.20. The molecule has 102 valence electrons. The summed E-state index contributed by atoms with van der Waals surface area (Å²) in [4.78, 5) is 16.1. The molecule has 0 saturated carbocycles. The van der Waals surface area contributed by atoms with Gasteiger partial charge in [0.15, 0.2) is 0 Å². The molecule has 0 spiro atoms. The minimum atomic E-state index is -0.378. The molecule has 0 bridgehead atoms. The predicted octanol–water partition coefficient (Wildman–Crippen LogP) is 2.27. The lowest BCUT2D eigenvalue weighted by molar-refractivity contribution is -0.122. The van der Waals surface area contributed by atoms with E-state index in [-0.39, 0.29) is 11.4 Å². The first-order valence-electron chi connectivity index (χ1n) is 6.36. The number of rotatable bonds is 7. The number of aromatic nitrogens is 1. The van der Waals surface area contributed by atoms with E-state index >= 15 is 0 Å². The van der Waals surface area contributed by atoms with Gasteiger partial charge >= 0.3 is 0 Å². The Hall–Kier alpha value is -0.940. The zero-order chi connectivity index (χ0) is 13.6. The second-order valence-corrected chi connectivity index (χ2v) is 6.12. The number of nitrogens with one attached hydrogen (secondary N) is 2. The van der Waals surface area contributed by atoms with Crippen molar-refractivity contribution in [2.45, 2.75) is 52.1 Å². The van der Waals surface area contributed by atoms with Crippen molar-refractivity contribution in [2.75, 3.05) is 6.54 Å². The third kappa shape index (κ3) is 5.14. The van der Waals surface area contributed by atoms with Crippen LogP contribution in [0.3, 0.4) is 0 Å². The molecule has 0 saturated heterocycles. The van der Waals surface area contributed by atoms with Crippen LogP contribution < -0.4 is 10.6 Å². The lowest BCUT2D eigenvalue weighted by Gasteiger charge is -2.23. The van der Waals surface area contributed by atoms with E-state index in [1.165, 1.54) is 0 Å². The van der Waals surface area contributed by atoms with Crippen LogP contribution in [0.2, 0.25) is 0 Å². The fourth-order valence-electron chi connectivity index (χ4n) is 1.64. The van der Waals surface area contributed by atoms with Crippen LogP contribution in [-0.4, -0.2) is 23.5 Å². The lowest BCUT2D eigenvalue weighted by Crippen LogP contribution is -2.41. The van der Waals surface area contributed by atoms with E-state index in [1.54, 1.807) is 17.5 Å². The van der Waals surface area contributed by atoms with Gasteiger partial charge in [0.2, 0.25) is 5.91 Å². The SMILES string of the molecule is CC(C)NCCCC(=O)NC(C)(C)c1nccs1. The minimum absolute atomic E-state index is 0.0840. The molecule has 1 rings (SSSR count). The molecule has 5 heteroatoms. The van der Waals surface area contributed by atoms with E-state index in [0.29, 0.717) is 12.5 Å². The average molecular weight is 269 g/mol. The summed E-state index contributed by atoms with van der Waals surface area (Å²) in [5.41, 5.74) is -0.378. The van der Waals surface area contributed by atoms with Gasteiger partial charge in [0.05, 0.1) is 5.54 Å². The van der Waals surface area contributed by atoms with Crippen molar-refractivity contribution in [1.82, 2.24) is 15.6 Å². The quantitative estimate of drug-likeness (QED) is 0.747. The van der Waals surface area contributed by atoms with E-state index in [2.05, 4.69) is 29.5 Å². The number of hydrogen-bond donors (Lipinski definition) is 2. The standard InChI is InChI=1S/C13H23N3OS/c1-10(2)14-7-5-6-11(17)16-13(3,4)12-15-8-9-18-12/h8-10,14H,5-7H2,1-4H3,(H,16,17). The Morgan fingerprint density at radius 1 is 1.50 bits per heavy atom. The molecule has 0 atom stereocenters. The summed E-state index contributed by atoms with van der Waals surface area (Å²) in [5.74, 6) is 0.0840. The molecule has 1 aromatic rings. The monoisotopic (exact) mass is 269 g/mol. The molecule has 0 aromatic carbocycles. The molecule has 0 aliphatic heterocycles. The lowest BCUT2D eigenvalue weighted by atomic mass is 10.1. The molecule has 0 radical (unpaired) electrons. The summed E-state index contributed by atoms with van der Waals surface area (Å²) < 4.78 is 0. The highest BCUT2D eigenvalue weighted by atomic mass is 32.1. The molecular weight excluding hydrogens is 246 g/mol. The maximum atomic E-state index is 11.8. The molecule has 2 N–H and O–H groups in total. The van der Waals surface area contributed by atoms with Gasteiger partial charge in [-0.05, 0) is 26.8 Å². The minimum Gasteiger partial charge on any atom is -0.345 e. The first-order chi connectivity index (χ1) is 8.42. The molecule has 0 aliphatic carbocycles. The highest BCUT2D eigenvalue weighted by Crippen LogP contribution is 2.21. The van der Waals surface area contributed by atoms with Crippen LogP contribution in [0.4, 0.5) is 0 Å². The highest BCUT2D eigenvalue weighted by molar-refractivity contribution is 7.09. The Kier molecular flexibility index (Phi) is 5.75. The largest absolute Gasteiger partial charge is 0.345 e. The maximum absolute atomic E-state index is 11.8. The van der Waals surface area contributed by atoms with Crippen LogP contribution in [0.15, 0.2) is 11.6 Å². The van der Waals surface area contributed by atoms with Gasteiger partial charge in [0.1, 0.15) is 5.01 Å². The van der Waals surface area contributed by atoms with Crippen LogP contribution in [0.25, 0.3) is 0 Å². The average Bonchev–Trinajstić information content (AvgIpc) is 2.77. The topological polar surface area (TPSA) is 54.0 Å². The third-order valence-electron chi connectivity index (χ3n) is 2.55. The zero-order valence-electron chi connectivity index (χ0n) is 11.6. The highest BCUT2D eigenvalue weighted by Gasteiger charge is 2.24. The molecule has 0 unspecified atom stereocenters. The van der Waals surface area contributed by atoms with Gasteiger partial charge in [-0.25, -0.2) is 4.98 Å². The third-order valence-corrected chi connectivity index (χ3v) is 3.65. The second kappa shape index (κ2) is 6.85. The fraction of sp³-hybridized carbons (Fsp3) is 0.692. The molecule has 1 aromatic heterocycles. The van der Waals surface area contributed by atoms with Crippen LogP contribution in [-0.2, 0) is 10.3 Å². The normalized spacial score (nSPS) is 11.8. The summed E-state index contributed by atoms with van der Waals surface area (Å²) in [7, 11) is 0. The molecule has 1 heterocycles. The van der Waals surface area contributed by atoms with Gasteiger partial charge in [-0.3, -0.25) is 4.79 Å². The number of carbonyl (C=O) groups is 1. The Labute approximate surface area is 113 Å². The second-order valence-electron chi connectivity index (χ2n) is 5.22. The van der Waals surface area contributed by atoms with Crippen molar-refractivity contribution in [1.29, 1.82) is 0 Å². The van der Waals surface area contributed by atoms with Crippen molar-refractivity contribution in [3.8, 4) is 0 Å². The molecule has 0 aliphatic rings. The van der Waals surface area contributed by atoms with Crippen LogP contribution in [0.5, 0.6) is 0 Å². The van der Waals surface area contributed by atoms with E-state index in [9.17, 15) is 4.79 Å². The van der Waals surface area contributed by atoms with Gasteiger partial charge in [-0.1, -0.05) is 13.8 Å². The molecule has 18 heavy (non-hydrogen) atoms. The predicted molar refractivity (Wildman–Crippen MR) is 75.7 cm³/mol. The first kappa shape index (κ1) is 15.1. The van der Waals surface area contributed by atoms with Crippen molar-refractivity contribution in [3.05, 3.63) is 16.6 Å². The van der Waals surface area contributed by atoms with Crippen LogP contribution in [0, 0.1) is 0 Å². The number of nitrogens with zero attached hydrogens (tertiary/aromatic N) is 1. The number of thiazole rings is 1. The van der Waals surface area contributed by atoms with Gasteiger partial charge in [-0.15, -0.1) is 11.3 Å². The van der Waals surface area contributed by atoms with Crippen molar-refractivity contribution in [2.24, 2.45) is 0 Å². The summed E-state index contributed by atoms with van der Waals surface area (Å²) in [6.45, 7) is 9.05. The van der Waals surface area contributed by atoms with E-state index in [1.807, 2.05) is 19.2 Å². The molecule has 0 fully saturated rings. The Morgan fingerprint density at radius 2 is 2.22 bits per heavy atom. The Balaban J connectivity index is 2.31. The van der Waals surface area contributed by atoms with E-state index < -0.39 is 0 Å². The summed E-state index contributed by atoms with van der Waals surface area (Å²) >= 11 is 1.57. The summed E-state index contributed by atoms with van der Waals surface area (Å²) in [6.07, 6.45) is 3.17. The van der Waals surface area contributed by atoms with Crippen molar-refractivity contribution >= 4 is 17.2 Å². The first-order valence-corrected chi connectivity index (χ1v) is 7.24. The number of amides is 1. The maximum Gasteiger partial charge on any atom is 0.220 e. The van der Waals surface area contributed by atoms with Gasteiger partial charge in [0.25, 0.3) is 0 Å². The van der Waals surface area contributed by atoms with E-state index in [0.717, 1.165) is 18.0 Å². The van der Waals surface area contributed by atoms with Gasteiger partial charge < -0.3 is 10.6 Å². The zero-order valence-corrected chi connectivity index (χ0v) is 12.4. The van der Waals surface area contributed by atoms with Crippen molar-refractivity contribution < 1.29 is 4.79 Å². The fourth-order valence-corrected chi connectivity index (χ4v) is 2.35. The van der Waals surface area contributed by atoms with Crippen LogP contribution in [0.1, 0.15) is 45.5 Å². The number of carbonyl (C=O) groups excluding carboxylic acids is 1. The smallest absolute Gasteiger partial charge is 0.220 e. The van der Waals surface area contributed by atoms with Gasteiger partial charge in [-0.2, -0.15) is 0 Å². The van der Waals surface area contributed by atoms with Crippen molar-refractivity contribution in [3.63, 3.8) is 0 Å². The van der Waals surface area contributed by atoms with Crippen LogP contribution >= 0.6 is 11.3 Å². The van der Waals surface area contributed by atoms with E-state index in [4.69, 9.17) is 0 Å².